The molecule has 1 N–H and O–H groups in total. The van der Waals surface area contributed by atoms with E-state index in [9.17, 15) is 4.79 Å². The lowest BCUT2D eigenvalue weighted by molar-refractivity contribution is 0.0911. The van der Waals surface area contributed by atoms with Gasteiger partial charge in [-0.3, -0.25) is 9.78 Å². The lowest BCUT2D eigenvalue weighted by atomic mass is 10.0. The van der Waals surface area contributed by atoms with E-state index < -0.39 is 0 Å². The summed E-state index contributed by atoms with van der Waals surface area (Å²) in [7, 11) is 0. The molecule has 0 unspecified atom stereocenters. The first-order chi connectivity index (χ1) is 8.79. The maximum atomic E-state index is 12.0. The molecule has 98 valence electrons. The van der Waals surface area contributed by atoms with Crippen LogP contribution in [-0.4, -0.2) is 41.5 Å². The van der Waals surface area contributed by atoms with Crippen LogP contribution in [0.4, 0.5) is 0 Å². The first-order valence-corrected chi connectivity index (χ1v) is 6.73. The van der Waals surface area contributed by atoms with Crippen molar-refractivity contribution in [2.24, 2.45) is 0 Å². The van der Waals surface area contributed by atoms with Gasteiger partial charge in [-0.1, -0.05) is 6.92 Å². The van der Waals surface area contributed by atoms with Crippen molar-refractivity contribution < 1.29 is 4.79 Å². The second-order valence-corrected chi connectivity index (χ2v) is 4.83. The summed E-state index contributed by atoms with van der Waals surface area (Å²) in [6.07, 6.45) is 6.61. The van der Waals surface area contributed by atoms with Gasteiger partial charge in [0.05, 0.1) is 0 Å². The van der Waals surface area contributed by atoms with E-state index in [0.29, 0.717) is 11.6 Å². The van der Waals surface area contributed by atoms with Gasteiger partial charge in [-0.25, -0.2) is 0 Å². The number of hydrogen-bond donors (Lipinski definition) is 1. The monoisotopic (exact) mass is 247 g/mol. The summed E-state index contributed by atoms with van der Waals surface area (Å²) in [4.78, 5) is 18.4. The number of likely N-dealkylation sites (tertiary alicyclic amines) is 1. The molecule has 1 amide bonds. The van der Waals surface area contributed by atoms with Gasteiger partial charge < -0.3 is 10.2 Å². The van der Waals surface area contributed by atoms with Crippen LogP contribution in [0.3, 0.4) is 0 Å². The Morgan fingerprint density at radius 3 is 2.67 bits per heavy atom. The molecule has 0 spiro atoms. The molecule has 1 saturated heterocycles. The van der Waals surface area contributed by atoms with Gasteiger partial charge in [0.2, 0.25) is 0 Å². The molecule has 4 heteroatoms. The van der Waals surface area contributed by atoms with Gasteiger partial charge in [0, 0.05) is 37.1 Å². The Balaban J connectivity index is 1.80. The van der Waals surface area contributed by atoms with E-state index in [0.717, 1.165) is 25.9 Å². The molecule has 1 aliphatic heterocycles. The summed E-state index contributed by atoms with van der Waals surface area (Å²) in [6, 6.07) is 3.82. The maximum Gasteiger partial charge on any atom is 0.251 e. The van der Waals surface area contributed by atoms with Crippen LogP contribution in [0.15, 0.2) is 24.5 Å². The SMILES string of the molecule is CCCN1CCC(NC(=O)c2ccncc2)CC1. The van der Waals surface area contributed by atoms with Gasteiger partial charge in [0.1, 0.15) is 0 Å². The van der Waals surface area contributed by atoms with E-state index in [4.69, 9.17) is 0 Å². The number of amides is 1. The predicted molar refractivity (Wildman–Crippen MR) is 71.5 cm³/mol. The zero-order valence-electron chi connectivity index (χ0n) is 10.9. The van der Waals surface area contributed by atoms with Crippen LogP contribution in [0.1, 0.15) is 36.5 Å². The molecule has 2 rings (SSSR count). The van der Waals surface area contributed by atoms with E-state index in [1.165, 1.54) is 13.0 Å². The third-order valence-electron chi connectivity index (χ3n) is 3.41. The highest BCUT2D eigenvalue weighted by atomic mass is 16.1. The Labute approximate surface area is 108 Å². The quantitative estimate of drug-likeness (QED) is 0.880. The van der Waals surface area contributed by atoms with Crippen LogP contribution in [0.2, 0.25) is 0 Å². The van der Waals surface area contributed by atoms with Crippen molar-refractivity contribution in [2.75, 3.05) is 19.6 Å². The molecule has 0 radical (unpaired) electrons. The van der Waals surface area contributed by atoms with Crippen molar-refractivity contribution in [1.29, 1.82) is 0 Å². The molecule has 4 nitrogen and oxygen atoms in total. The van der Waals surface area contributed by atoms with E-state index in [1.54, 1.807) is 24.5 Å². The van der Waals surface area contributed by atoms with E-state index in [1.807, 2.05) is 0 Å². The van der Waals surface area contributed by atoms with Crippen LogP contribution in [0, 0.1) is 0 Å². The molecule has 18 heavy (non-hydrogen) atoms. The third kappa shape index (κ3) is 3.53. The van der Waals surface area contributed by atoms with Crippen LogP contribution in [-0.2, 0) is 0 Å². The number of rotatable bonds is 4. The fraction of sp³-hybridized carbons (Fsp3) is 0.571. The lowest BCUT2D eigenvalue weighted by Gasteiger charge is -2.32. The Kier molecular flexibility index (Phi) is 4.70. The molecule has 0 saturated carbocycles. The number of pyridine rings is 1. The fourth-order valence-corrected chi connectivity index (χ4v) is 2.39. The molecule has 0 aromatic carbocycles. The minimum Gasteiger partial charge on any atom is -0.349 e. The molecule has 0 aliphatic carbocycles. The summed E-state index contributed by atoms with van der Waals surface area (Å²) in [5, 5.41) is 3.10. The molecule has 1 fully saturated rings. The minimum atomic E-state index is 0.0198. The van der Waals surface area contributed by atoms with Crippen LogP contribution in [0.25, 0.3) is 0 Å². The minimum absolute atomic E-state index is 0.0198. The van der Waals surface area contributed by atoms with Gasteiger partial charge >= 0.3 is 0 Å². The molecule has 2 heterocycles. The predicted octanol–water partition coefficient (Wildman–Crippen LogP) is 1.69. The number of carbonyl (C=O) groups is 1. The molecular formula is C14H21N3O. The van der Waals surface area contributed by atoms with Crippen molar-refractivity contribution in [2.45, 2.75) is 32.2 Å². The first-order valence-electron chi connectivity index (χ1n) is 6.73. The smallest absolute Gasteiger partial charge is 0.251 e. The van der Waals surface area contributed by atoms with Gasteiger partial charge in [0.15, 0.2) is 0 Å². The first kappa shape index (κ1) is 13.0. The van der Waals surface area contributed by atoms with E-state index >= 15 is 0 Å². The molecule has 1 aromatic rings. The zero-order chi connectivity index (χ0) is 12.8. The third-order valence-corrected chi connectivity index (χ3v) is 3.41. The Morgan fingerprint density at radius 1 is 1.39 bits per heavy atom. The number of piperidine rings is 1. The average Bonchev–Trinajstić information content (AvgIpc) is 2.42. The summed E-state index contributed by atoms with van der Waals surface area (Å²) in [5.74, 6) is 0.0198. The number of hydrogen-bond acceptors (Lipinski definition) is 3. The number of carbonyl (C=O) groups excluding carboxylic acids is 1. The Morgan fingerprint density at radius 2 is 2.06 bits per heavy atom. The van der Waals surface area contributed by atoms with Crippen molar-refractivity contribution >= 4 is 5.91 Å². The second-order valence-electron chi connectivity index (χ2n) is 4.83. The summed E-state index contributed by atoms with van der Waals surface area (Å²) in [6.45, 7) is 5.56. The zero-order valence-corrected chi connectivity index (χ0v) is 10.9. The fourth-order valence-electron chi connectivity index (χ4n) is 2.39. The maximum absolute atomic E-state index is 12.0. The highest BCUT2D eigenvalue weighted by Crippen LogP contribution is 2.11. The Hall–Kier alpha value is -1.42. The van der Waals surface area contributed by atoms with Gasteiger partial charge in [-0.05, 0) is 37.9 Å². The highest BCUT2D eigenvalue weighted by Gasteiger charge is 2.20. The molecule has 0 bridgehead atoms. The average molecular weight is 247 g/mol. The Bertz CT molecular complexity index is 372. The normalized spacial score (nSPS) is 17.6. The van der Waals surface area contributed by atoms with Crippen LogP contribution in [0.5, 0.6) is 0 Å². The number of aromatic nitrogens is 1. The number of nitrogens with zero attached hydrogens (tertiary/aromatic N) is 2. The largest absolute Gasteiger partial charge is 0.349 e. The lowest BCUT2D eigenvalue weighted by Crippen LogP contribution is -2.44. The summed E-state index contributed by atoms with van der Waals surface area (Å²) in [5.41, 5.74) is 0.695. The van der Waals surface area contributed by atoms with E-state index in [-0.39, 0.29) is 5.91 Å². The highest BCUT2D eigenvalue weighted by molar-refractivity contribution is 5.94. The van der Waals surface area contributed by atoms with Crippen molar-refractivity contribution in [3.63, 3.8) is 0 Å². The topological polar surface area (TPSA) is 45.2 Å². The number of nitrogens with one attached hydrogen (secondary N) is 1. The van der Waals surface area contributed by atoms with Gasteiger partial charge in [-0.15, -0.1) is 0 Å². The molecule has 1 aliphatic rings. The molecule has 1 aromatic heterocycles. The standard InChI is InChI=1S/C14H21N3O/c1-2-9-17-10-5-13(6-11-17)16-14(18)12-3-7-15-8-4-12/h3-4,7-8,13H,2,5-6,9-11H2,1H3,(H,16,18). The molecular weight excluding hydrogens is 226 g/mol. The van der Waals surface area contributed by atoms with Crippen LogP contribution >= 0.6 is 0 Å². The van der Waals surface area contributed by atoms with E-state index in [2.05, 4.69) is 22.1 Å². The van der Waals surface area contributed by atoms with Crippen molar-refractivity contribution in [3.8, 4) is 0 Å². The van der Waals surface area contributed by atoms with Crippen molar-refractivity contribution in [1.82, 2.24) is 15.2 Å². The van der Waals surface area contributed by atoms with Crippen LogP contribution < -0.4 is 5.32 Å². The molecule has 0 atom stereocenters. The van der Waals surface area contributed by atoms with Crippen molar-refractivity contribution in [3.05, 3.63) is 30.1 Å². The summed E-state index contributed by atoms with van der Waals surface area (Å²) >= 11 is 0. The van der Waals surface area contributed by atoms with Gasteiger partial charge in [-0.2, -0.15) is 0 Å². The second kappa shape index (κ2) is 6.50. The van der Waals surface area contributed by atoms with Gasteiger partial charge in [0.25, 0.3) is 5.91 Å². The summed E-state index contributed by atoms with van der Waals surface area (Å²) < 4.78 is 0.